The number of aromatic nitrogens is 1. The van der Waals surface area contributed by atoms with E-state index in [0.29, 0.717) is 32.7 Å². The summed E-state index contributed by atoms with van der Waals surface area (Å²) in [4.78, 5) is 5.05. The highest BCUT2D eigenvalue weighted by atomic mass is 16.5. The first-order valence-electron chi connectivity index (χ1n) is 7.57. The van der Waals surface area contributed by atoms with Crippen molar-refractivity contribution in [3.05, 3.63) is 30.0 Å². The van der Waals surface area contributed by atoms with Gasteiger partial charge in [-0.2, -0.15) is 0 Å². The topological polar surface area (TPSA) is 37.5 Å². The number of ether oxygens (including phenoxy) is 2. The van der Waals surface area contributed by atoms with Gasteiger partial charge < -0.3 is 14.5 Å². The van der Waals surface area contributed by atoms with Crippen LogP contribution in [-0.4, -0.2) is 49.8 Å². The Kier molecular flexibility index (Phi) is 3.05. The molecule has 2 heterocycles. The zero-order valence-corrected chi connectivity index (χ0v) is 11.1. The third-order valence-electron chi connectivity index (χ3n) is 3.47. The number of aromatic amines is 1. The lowest BCUT2D eigenvalue weighted by Crippen LogP contribution is -2.37. The van der Waals surface area contributed by atoms with Crippen molar-refractivity contribution in [2.24, 2.45) is 0 Å². The van der Waals surface area contributed by atoms with E-state index < -0.39 is 6.50 Å². The molecule has 1 N–H and O–H groups in total. The summed E-state index contributed by atoms with van der Waals surface area (Å²) in [7, 11) is 1.64. The number of rotatable bonds is 4. The van der Waals surface area contributed by atoms with Crippen molar-refractivity contribution in [3.63, 3.8) is 0 Å². The van der Waals surface area contributed by atoms with Crippen LogP contribution in [0.2, 0.25) is 0 Å². The highest BCUT2D eigenvalue weighted by Gasteiger charge is 2.13. The van der Waals surface area contributed by atoms with Gasteiger partial charge in [0, 0.05) is 39.4 Å². The van der Waals surface area contributed by atoms with Crippen molar-refractivity contribution in [1.82, 2.24) is 9.88 Å². The van der Waals surface area contributed by atoms with E-state index in [-0.39, 0.29) is 0 Å². The highest BCUT2D eigenvalue weighted by molar-refractivity contribution is 5.89. The molecule has 0 bridgehead atoms. The molecular weight excluding hydrogens is 240 g/mol. The third-order valence-corrected chi connectivity index (χ3v) is 3.47. The van der Waals surface area contributed by atoms with Gasteiger partial charge in [-0.05, 0) is 24.1 Å². The van der Waals surface area contributed by atoms with Gasteiger partial charge in [-0.1, -0.05) is 6.07 Å². The molecule has 0 unspecified atom stereocenters. The minimum Gasteiger partial charge on any atom is -0.496 e. The summed E-state index contributed by atoms with van der Waals surface area (Å²) in [5.41, 5.74) is 1.92. The molecule has 2 aromatic rings. The number of hydrogen-bond donors (Lipinski definition) is 1. The monoisotopic (exact) mass is 262 g/mol. The Morgan fingerprint density at radius 1 is 1.42 bits per heavy atom. The van der Waals surface area contributed by atoms with E-state index in [9.17, 15) is 0 Å². The molecule has 0 amide bonds. The molecule has 0 radical (unpaired) electrons. The van der Waals surface area contributed by atoms with Crippen molar-refractivity contribution >= 4 is 10.9 Å². The zero-order valence-electron chi connectivity index (χ0n) is 13.1. The number of fused-ring (bicyclic) bond motifs is 1. The number of nitrogens with zero attached hydrogens (tertiary/aromatic N) is 1. The summed E-state index contributed by atoms with van der Waals surface area (Å²) in [6.45, 7) is 1.06. The van der Waals surface area contributed by atoms with Crippen LogP contribution in [0, 0.1) is 0 Å². The van der Waals surface area contributed by atoms with Crippen LogP contribution in [0.15, 0.2) is 24.4 Å². The van der Waals surface area contributed by atoms with Gasteiger partial charge in [-0.25, -0.2) is 0 Å². The van der Waals surface area contributed by atoms with Gasteiger partial charge >= 0.3 is 0 Å². The highest BCUT2D eigenvalue weighted by Crippen LogP contribution is 2.28. The van der Waals surface area contributed by atoms with E-state index in [2.05, 4.69) is 4.98 Å². The quantitative estimate of drug-likeness (QED) is 0.916. The first-order chi connectivity index (χ1) is 10.1. The molecule has 4 heteroatoms. The number of morpholine rings is 1. The number of aryl methyl sites for hydroxylation is 1. The van der Waals surface area contributed by atoms with Crippen LogP contribution >= 0.6 is 0 Å². The Morgan fingerprint density at radius 2 is 2.26 bits per heavy atom. The molecule has 1 fully saturated rings. The SMILES string of the molecule is [2H]C([2H])(Cc1c[nH]c2cccc(OC)c12)N1CCOCC1. The fraction of sp³-hybridized carbons (Fsp3) is 0.467. The lowest BCUT2D eigenvalue weighted by Gasteiger charge is -2.26. The van der Waals surface area contributed by atoms with E-state index in [4.69, 9.17) is 12.2 Å². The molecule has 102 valence electrons. The second-order valence-corrected chi connectivity index (χ2v) is 4.63. The van der Waals surface area contributed by atoms with Crippen molar-refractivity contribution in [1.29, 1.82) is 0 Å². The van der Waals surface area contributed by atoms with Crippen molar-refractivity contribution in [2.75, 3.05) is 39.9 Å². The summed E-state index contributed by atoms with van der Waals surface area (Å²) in [5, 5.41) is 0.970. The van der Waals surface area contributed by atoms with Gasteiger partial charge in [0.2, 0.25) is 0 Å². The average Bonchev–Trinajstić information content (AvgIpc) is 2.91. The number of hydrogen-bond acceptors (Lipinski definition) is 3. The number of benzene rings is 1. The maximum atomic E-state index is 8.38. The van der Waals surface area contributed by atoms with E-state index in [1.165, 1.54) is 0 Å². The Bertz CT molecular complexity index is 621. The van der Waals surface area contributed by atoms with Crippen LogP contribution in [-0.2, 0) is 11.2 Å². The first kappa shape index (κ1) is 10.3. The van der Waals surface area contributed by atoms with Gasteiger partial charge in [-0.15, -0.1) is 0 Å². The Hall–Kier alpha value is -1.52. The molecule has 4 nitrogen and oxygen atoms in total. The van der Waals surface area contributed by atoms with E-state index in [0.717, 1.165) is 22.2 Å². The zero-order chi connectivity index (χ0) is 14.9. The van der Waals surface area contributed by atoms with Gasteiger partial charge in [0.05, 0.1) is 20.3 Å². The Balaban J connectivity index is 1.90. The summed E-state index contributed by atoms with van der Waals surface area (Å²) in [6, 6.07) is 5.81. The number of H-pyrrole nitrogens is 1. The standard InChI is InChI=1S/C15H20N2O2/c1-18-14-4-2-3-13-15(14)12(11-16-13)5-6-17-7-9-19-10-8-17/h2-4,11,16H,5-10H2,1H3/i6D2. The lowest BCUT2D eigenvalue weighted by atomic mass is 10.1. The molecule has 0 spiro atoms. The molecule has 0 saturated carbocycles. The fourth-order valence-corrected chi connectivity index (χ4v) is 2.45. The molecule has 1 aliphatic heterocycles. The molecule has 1 aromatic heterocycles. The van der Waals surface area contributed by atoms with Gasteiger partial charge in [0.1, 0.15) is 5.75 Å². The van der Waals surface area contributed by atoms with Crippen LogP contribution in [0.3, 0.4) is 0 Å². The molecule has 19 heavy (non-hydrogen) atoms. The fourth-order valence-electron chi connectivity index (χ4n) is 2.45. The van der Waals surface area contributed by atoms with Gasteiger partial charge in [0.15, 0.2) is 0 Å². The normalized spacial score (nSPS) is 19.2. The Morgan fingerprint density at radius 3 is 3.05 bits per heavy atom. The second-order valence-electron chi connectivity index (χ2n) is 4.63. The minimum atomic E-state index is -1.39. The lowest BCUT2D eigenvalue weighted by molar-refractivity contribution is 0.0385. The largest absolute Gasteiger partial charge is 0.496 e. The van der Waals surface area contributed by atoms with Crippen LogP contribution in [0.5, 0.6) is 5.75 Å². The number of nitrogens with one attached hydrogen (secondary N) is 1. The molecule has 3 rings (SSSR count). The van der Waals surface area contributed by atoms with Crippen LogP contribution in [0.1, 0.15) is 8.30 Å². The van der Waals surface area contributed by atoms with E-state index in [1.54, 1.807) is 7.11 Å². The van der Waals surface area contributed by atoms with E-state index in [1.807, 2.05) is 29.3 Å². The van der Waals surface area contributed by atoms with Crippen LogP contribution < -0.4 is 4.74 Å². The summed E-state index contributed by atoms with van der Waals surface area (Å²) < 4.78 is 27.5. The Labute approximate surface area is 116 Å². The van der Waals surface area contributed by atoms with Crippen LogP contribution in [0.25, 0.3) is 10.9 Å². The summed E-state index contributed by atoms with van der Waals surface area (Å²) in [5.74, 6) is 0.779. The molecule has 1 saturated heterocycles. The third kappa shape index (κ3) is 2.60. The van der Waals surface area contributed by atoms with Gasteiger partial charge in [-0.3, -0.25) is 4.90 Å². The second kappa shape index (κ2) is 5.63. The predicted molar refractivity (Wildman–Crippen MR) is 75.8 cm³/mol. The molecule has 0 atom stereocenters. The molecule has 1 aliphatic rings. The van der Waals surface area contributed by atoms with E-state index >= 15 is 0 Å². The van der Waals surface area contributed by atoms with Crippen molar-refractivity contribution in [3.8, 4) is 5.75 Å². The smallest absolute Gasteiger partial charge is 0.128 e. The predicted octanol–water partition coefficient (Wildman–Crippen LogP) is 2.05. The minimum absolute atomic E-state index is 0.327. The molecular formula is C15H20N2O2. The molecule has 0 aliphatic carbocycles. The first-order valence-corrected chi connectivity index (χ1v) is 6.57. The molecule has 1 aromatic carbocycles. The van der Waals surface area contributed by atoms with Crippen molar-refractivity contribution in [2.45, 2.75) is 6.42 Å². The van der Waals surface area contributed by atoms with Crippen molar-refractivity contribution < 1.29 is 12.2 Å². The summed E-state index contributed by atoms with van der Waals surface area (Å²) >= 11 is 0. The maximum absolute atomic E-state index is 8.38. The van der Waals surface area contributed by atoms with Gasteiger partial charge in [0.25, 0.3) is 0 Å². The average molecular weight is 262 g/mol. The maximum Gasteiger partial charge on any atom is 0.128 e. The van der Waals surface area contributed by atoms with Crippen LogP contribution in [0.4, 0.5) is 0 Å². The summed E-state index contributed by atoms with van der Waals surface area (Å²) in [6.07, 6.45) is 2.21. The number of methoxy groups -OCH3 is 1.